The maximum absolute atomic E-state index is 11.9. The van der Waals surface area contributed by atoms with Crippen LogP contribution in [0.3, 0.4) is 0 Å². The van der Waals surface area contributed by atoms with Crippen molar-refractivity contribution in [3.05, 3.63) is 0 Å². The standard InChI is InChI=1S/C5H8FN/c6-7-3-5(7)4-1-2-4/h4-5H,1-3H2. The Morgan fingerprint density at radius 3 is 2.14 bits per heavy atom. The summed E-state index contributed by atoms with van der Waals surface area (Å²) in [4.78, 5) is 0. The van der Waals surface area contributed by atoms with E-state index in [0.717, 1.165) is 11.0 Å². The van der Waals surface area contributed by atoms with E-state index >= 15 is 0 Å². The molecule has 40 valence electrons. The second kappa shape index (κ2) is 0.996. The SMILES string of the molecule is FN1CC1C1CC1. The zero-order chi connectivity index (χ0) is 4.85. The molecule has 0 amide bonds. The fourth-order valence-electron chi connectivity index (χ4n) is 0.990. The lowest BCUT2D eigenvalue weighted by Gasteiger charge is -1.81. The van der Waals surface area contributed by atoms with E-state index < -0.39 is 0 Å². The molecule has 1 nitrogen and oxygen atoms in total. The van der Waals surface area contributed by atoms with Gasteiger partial charge in [-0.15, -0.1) is 9.60 Å². The Kier molecular flexibility index (Phi) is 0.546. The van der Waals surface area contributed by atoms with Crippen molar-refractivity contribution >= 4 is 0 Å². The van der Waals surface area contributed by atoms with E-state index in [4.69, 9.17) is 0 Å². The maximum Gasteiger partial charge on any atom is 0.0584 e. The van der Waals surface area contributed by atoms with Gasteiger partial charge in [-0.2, -0.15) is 0 Å². The van der Waals surface area contributed by atoms with Crippen LogP contribution in [0.4, 0.5) is 4.48 Å². The molecular weight excluding hydrogens is 93.1 g/mol. The first kappa shape index (κ1) is 3.84. The minimum Gasteiger partial charge on any atom is -0.140 e. The molecular formula is C5H8FN. The lowest BCUT2D eigenvalue weighted by Crippen LogP contribution is -1.90. The Bertz CT molecular complexity index is 90.1. The Balaban J connectivity index is 1.88. The van der Waals surface area contributed by atoms with Crippen molar-refractivity contribution in [2.75, 3.05) is 6.54 Å². The van der Waals surface area contributed by atoms with Gasteiger partial charge in [0.25, 0.3) is 0 Å². The Hall–Kier alpha value is -0.110. The van der Waals surface area contributed by atoms with Gasteiger partial charge in [0.2, 0.25) is 0 Å². The Morgan fingerprint density at radius 1 is 1.43 bits per heavy atom. The molecule has 2 unspecified atom stereocenters. The van der Waals surface area contributed by atoms with E-state index in [2.05, 4.69) is 0 Å². The second-order valence-electron chi connectivity index (χ2n) is 2.49. The van der Waals surface area contributed by atoms with Crippen LogP contribution in [0, 0.1) is 5.92 Å². The van der Waals surface area contributed by atoms with Gasteiger partial charge < -0.3 is 0 Å². The molecule has 1 heterocycles. The Labute approximate surface area is 42.0 Å². The van der Waals surface area contributed by atoms with Crippen LogP contribution in [-0.4, -0.2) is 17.7 Å². The topological polar surface area (TPSA) is 3.01 Å². The third kappa shape index (κ3) is 0.536. The summed E-state index contributed by atoms with van der Waals surface area (Å²) in [5.41, 5.74) is 0. The van der Waals surface area contributed by atoms with Crippen LogP contribution >= 0.6 is 0 Å². The molecule has 1 saturated carbocycles. The summed E-state index contributed by atoms with van der Waals surface area (Å²) in [6, 6.07) is 0.347. The lowest BCUT2D eigenvalue weighted by molar-refractivity contribution is 0.161. The number of hydrogen-bond acceptors (Lipinski definition) is 1. The van der Waals surface area contributed by atoms with Crippen molar-refractivity contribution < 1.29 is 4.48 Å². The third-order valence-corrected chi connectivity index (χ3v) is 1.75. The lowest BCUT2D eigenvalue weighted by atomic mass is 10.3. The molecule has 0 aromatic carbocycles. The predicted octanol–water partition coefficient (Wildman–Crippen LogP) is 0.965. The molecule has 1 aliphatic heterocycles. The van der Waals surface area contributed by atoms with Crippen molar-refractivity contribution in [1.29, 1.82) is 0 Å². The summed E-state index contributed by atoms with van der Waals surface area (Å²) in [5, 5.41) is 0.928. The van der Waals surface area contributed by atoms with Crippen LogP contribution in [0.15, 0.2) is 0 Å². The smallest absolute Gasteiger partial charge is 0.0584 e. The van der Waals surface area contributed by atoms with E-state index in [1.54, 1.807) is 0 Å². The highest BCUT2D eigenvalue weighted by molar-refractivity contribution is 4.95. The minimum atomic E-state index is 0.347. The van der Waals surface area contributed by atoms with Gasteiger partial charge in [-0.3, -0.25) is 0 Å². The highest BCUT2D eigenvalue weighted by Gasteiger charge is 2.46. The van der Waals surface area contributed by atoms with Gasteiger partial charge in [0, 0.05) is 6.54 Å². The molecule has 1 aliphatic carbocycles. The molecule has 2 heteroatoms. The quantitative estimate of drug-likeness (QED) is 0.351. The van der Waals surface area contributed by atoms with Crippen molar-refractivity contribution in [1.82, 2.24) is 5.12 Å². The highest BCUT2D eigenvalue weighted by atomic mass is 19.2. The third-order valence-electron chi connectivity index (χ3n) is 1.75. The van der Waals surface area contributed by atoms with Crippen molar-refractivity contribution in [2.45, 2.75) is 18.9 Å². The fraction of sp³-hybridized carbons (Fsp3) is 1.00. The largest absolute Gasteiger partial charge is 0.140 e. The number of nitrogens with zero attached hydrogens (tertiary/aromatic N) is 1. The highest BCUT2D eigenvalue weighted by Crippen LogP contribution is 2.41. The van der Waals surface area contributed by atoms with Crippen molar-refractivity contribution in [3.8, 4) is 0 Å². The van der Waals surface area contributed by atoms with Crippen LogP contribution in [0.5, 0.6) is 0 Å². The summed E-state index contributed by atoms with van der Waals surface area (Å²) in [5.74, 6) is 0.741. The summed E-state index contributed by atoms with van der Waals surface area (Å²) in [6.45, 7) is 0.713. The number of hydrogen-bond donors (Lipinski definition) is 0. The molecule has 0 spiro atoms. The van der Waals surface area contributed by atoms with E-state index in [0.29, 0.717) is 12.6 Å². The molecule has 0 bridgehead atoms. The van der Waals surface area contributed by atoms with Crippen LogP contribution in [0.25, 0.3) is 0 Å². The monoisotopic (exact) mass is 101 g/mol. The molecule has 2 fully saturated rings. The zero-order valence-electron chi connectivity index (χ0n) is 4.10. The average Bonchev–Trinajstić information content (AvgIpc) is 2.23. The summed E-state index contributed by atoms with van der Waals surface area (Å²) in [7, 11) is 0. The first-order valence-electron chi connectivity index (χ1n) is 2.80. The summed E-state index contributed by atoms with van der Waals surface area (Å²) < 4.78 is 11.9. The first-order chi connectivity index (χ1) is 3.38. The van der Waals surface area contributed by atoms with Crippen LogP contribution in [-0.2, 0) is 0 Å². The molecule has 0 N–H and O–H groups in total. The van der Waals surface area contributed by atoms with E-state index in [1.807, 2.05) is 0 Å². The van der Waals surface area contributed by atoms with Gasteiger partial charge in [0.1, 0.15) is 0 Å². The molecule has 7 heavy (non-hydrogen) atoms. The van der Waals surface area contributed by atoms with Gasteiger partial charge in [0.05, 0.1) is 6.04 Å². The van der Waals surface area contributed by atoms with E-state index in [1.165, 1.54) is 12.8 Å². The molecule has 0 aromatic heterocycles. The van der Waals surface area contributed by atoms with Crippen molar-refractivity contribution in [2.24, 2.45) is 5.92 Å². The van der Waals surface area contributed by atoms with Crippen molar-refractivity contribution in [3.63, 3.8) is 0 Å². The number of rotatable bonds is 1. The average molecular weight is 101 g/mol. The molecule has 2 aliphatic rings. The van der Waals surface area contributed by atoms with Gasteiger partial charge >= 0.3 is 0 Å². The molecule has 2 rings (SSSR count). The van der Waals surface area contributed by atoms with Gasteiger partial charge in [-0.1, -0.05) is 0 Å². The molecule has 0 radical (unpaired) electrons. The van der Waals surface area contributed by atoms with Crippen LogP contribution in [0.1, 0.15) is 12.8 Å². The normalized spacial score (nSPS) is 49.3. The van der Waals surface area contributed by atoms with Gasteiger partial charge in [-0.25, -0.2) is 0 Å². The van der Waals surface area contributed by atoms with Gasteiger partial charge in [0.15, 0.2) is 0 Å². The molecule has 0 aromatic rings. The summed E-state index contributed by atoms with van der Waals surface area (Å²) in [6.07, 6.45) is 2.54. The first-order valence-corrected chi connectivity index (χ1v) is 2.80. The van der Waals surface area contributed by atoms with E-state index in [-0.39, 0.29) is 0 Å². The fourth-order valence-corrected chi connectivity index (χ4v) is 0.990. The van der Waals surface area contributed by atoms with Crippen LogP contribution in [0.2, 0.25) is 0 Å². The Morgan fingerprint density at radius 2 is 2.00 bits per heavy atom. The van der Waals surface area contributed by atoms with Crippen LogP contribution < -0.4 is 0 Å². The zero-order valence-corrected chi connectivity index (χ0v) is 4.10. The second-order valence-corrected chi connectivity index (χ2v) is 2.49. The minimum absolute atomic E-state index is 0.347. The summed E-state index contributed by atoms with van der Waals surface area (Å²) >= 11 is 0. The predicted molar refractivity (Wildman–Crippen MR) is 24.3 cm³/mol. The number of halogens is 1. The molecule has 1 saturated heterocycles. The van der Waals surface area contributed by atoms with Gasteiger partial charge in [-0.05, 0) is 18.8 Å². The van der Waals surface area contributed by atoms with E-state index in [9.17, 15) is 4.48 Å². The maximum atomic E-state index is 11.9. The molecule has 2 atom stereocenters.